The minimum atomic E-state index is -0.511. The summed E-state index contributed by atoms with van der Waals surface area (Å²) >= 11 is 3.34. The molecule has 0 saturated heterocycles. The van der Waals surface area contributed by atoms with Crippen molar-refractivity contribution in [3.05, 3.63) is 29.6 Å². The van der Waals surface area contributed by atoms with Crippen LogP contribution in [-0.4, -0.2) is 17.7 Å². The van der Waals surface area contributed by atoms with Crippen molar-refractivity contribution in [2.24, 2.45) is 5.92 Å². The molecule has 0 radical (unpaired) electrons. The van der Waals surface area contributed by atoms with Gasteiger partial charge in [0.2, 0.25) is 0 Å². The van der Waals surface area contributed by atoms with E-state index in [1.165, 1.54) is 19.2 Å². The molecule has 1 unspecified atom stereocenters. The quantitative estimate of drug-likeness (QED) is 0.610. The van der Waals surface area contributed by atoms with Gasteiger partial charge in [-0.2, -0.15) is 0 Å². The van der Waals surface area contributed by atoms with E-state index in [0.717, 1.165) is 6.42 Å². The number of benzene rings is 1. The van der Waals surface area contributed by atoms with Crippen LogP contribution in [0.25, 0.3) is 0 Å². The number of carbonyl (C=O) groups is 1. The SMILES string of the molecule is COc1ccc(C(=O)C(Br)CC(C)C)cc1F. The van der Waals surface area contributed by atoms with Crippen molar-refractivity contribution in [2.75, 3.05) is 7.11 Å². The number of carbonyl (C=O) groups excluding carboxylic acids is 1. The standard InChI is InChI=1S/C13H16BrFO2/c1-8(2)6-10(14)13(16)9-4-5-12(17-3)11(15)7-9/h4-5,7-8,10H,6H2,1-3H3. The molecule has 0 aliphatic rings. The fourth-order valence-electron chi connectivity index (χ4n) is 1.52. The van der Waals surface area contributed by atoms with Crippen LogP contribution in [0.15, 0.2) is 18.2 Å². The largest absolute Gasteiger partial charge is 0.494 e. The Kier molecular flexibility index (Phi) is 5.12. The fourth-order valence-corrected chi connectivity index (χ4v) is 2.53. The molecule has 2 nitrogen and oxygen atoms in total. The lowest BCUT2D eigenvalue weighted by atomic mass is 10.0. The van der Waals surface area contributed by atoms with Gasteiger partial charge in [0.25, 0.3) is 0 Å². The third-order valence-electron chi connectivity index (χ3n) is 2.40. The van der Waals surface area contributed by atoms with Crippen LogP contribution in [0.5, 0.6) is 5.75 Å². The van der Waals surface area contributed by atoms with Crippen LogP contribution in [-0.2, 0) is 0 Å². The zero-order valence-corrected chi connectivity index (χ0v) is 11.8. The van der Waals surface area contributed by atoms with E-state index in [4.69, 9.17) is 4.74 Å². The van der Waals surface area contributed by atoms with Crippen LogP contribution in [0.1, 0.15) is 30.6 Å². The molecule has 0 aliphatic heterocycles. The second-order valence-corrected chi connectivity index (χ2v) is 5.42. The van der Waals surface area contributed by atoms with Crippen molar-refractivity contribution < 1.29 is 13.9 Å². The first kappa shape index (κ1) is 14.2. The minimum Gasteiger partial charge on any atom is -0.494 e. The van der Waals surface area contributed by atoms with Crippen molar-refractivity contribution >= 4 is 21.7 Å². The maximum atomic E-state index is 13.4. The summed E-state index contributed by atoms with van der Waals surface area (Å²) in [7, 11) is 1.39. The number of Topliss-reactive ketones (excluding diaryl/α,β-unsaturated/α-hetero) is 1. The van der Waals surface area contributed by atoms with Gasteiger partial charge in [0.15, 0.2) is 17.3 Å². The summed E-state index contributed by atoms with van der Waals surface area (Å²) in [5.74, 6) is -0.0502. The number of ketones is 1. The molecular weight excluding hydrogens is 287 g/mol. The van der Waals surface area contributed by atoms with Gasteiger partial charge in [-0.05, 0) is 30.5 Å². The summed E-state index contributed by atoms with van der Waals surface area (Å²) in [6.45, 7) is 4.08. The maximum absolute atomic E-state index is 13.4. The number of ether oxygens (including phenoxy) is 1. The monoisotopic (exact) mass is 302 g/mol. The number of rotatable bonds is 5. The van der Waals surface area contributed by atoms with Gasteiger partial charge in [0.05, 0.1) is 11.9 Å². The van der Waals surface area contributed by atoms with Crippen LogP contribution in [0.3, 0.4) is 0 Å². The number of hydrogen-bond acceptors (Lipinski definition) is 2. The van der Waals surface area contributed by atoms with Crippen LogP contribution in [0, 0.1) is 11.7 Å². The maximum Gasteiger partial charge on any atom is 0.176 e. The van der Waals surface area contributed by atoms with Crippen LogP contribution >= 0.6 is 15.9 Å². The van der Waals surface area contributed by atoms with E-state index in [-0.39, 0.29) is 16.4 Å². The Bertz CT molecular complexity index is 404. The number of alkyl halides is 1. The second-order valence-electron chi connectivity index (χ2n) is 4.31. The van der Waals surface area contributed by atoms with Gasteiger partial charge in [0.1, 0.15) is 0 Å². The second kappa shape index (κ2) is 6.15. The minimum absolute atomic E-state index is 0.0970. The van der Waals surface area contributed by atoms with Crippen LogP contribution < -0.4 is 4.74 Å². The normalized spacial score (nSPS) is 12.6. The molecule has 1 aromatic carbocycles. The van der Waals surface area contributed by atoms with Crippen LogP contribution in [0.2, 0.25) is 0 Å². The Hall–Kier alpha value is -0.900. The van der Waals surface area contributed by atoms with E-state index >= 15 is 0 Å². The van der Waals surface area contributed by atoms with E-state index in [1.807, 2.05) is 13.8 Å². The van der Waals surface area contributed by atoms with Gasteiger partial charge in [0, 0.05) is 5.56 Å². The van der Waals surface area contributed by atoms with Crippen molar-refractivity contribution in [1.29, 1.82) is 0 Å². The first-order valence-corrected chi connectivity index (χ1v) is 6.39. The summed E-state index contributed by atoms with van der Waals surface area (Å²) in [5.41, 5.74) is 0.367. The zero-order valence-electron chi connectivity index (χ0n) is 10.2. The van der Waals surface area contributed by atoms with Crippen LogP contribution in [0.4, 0.5) is 4.39 Å². The predicted octanol–water partition coefficient (Wildman–Crippen LogP) is 3.83. The van der Waals surface area contributed by atoms with Gasteiger partial charge in [-0.3, -0.25) is 4.79 Å². The van der Waals surface area contributed by atoms with Gasteiger partial charge >= 0.3 is 0 Å². The molecule has 0 fully saturated rings. The molecule has 0 aliphatic carbocycles. The lowest BCUT2D eigenvalue weighted by molar-refractivity contribution is 0.0984. The molecule has 0 aromatic heterocycles. The van der Waals surface area contributed by atoms with E-state index in [0.29, 0.717) is 11.5 Å². The third kappa shape index (κ3) is 3.80. The highest BCUT2D eigenvalue weighted by molar-refractivity contribution is 9.10. The summed E-state index contributed by atoms with van der Waals surface area (Å²) in [6, 6.07) is 4.27. The molecule has 1 aromatic rings. The molecule has 1 rings (SSSR count). The Morgan fingerprint density at radius 3 is 2.59 bits per heavy atom. The smallest absolute Gasteiger partial charge is 0.176 e. The summed E-state index contributed by atoms with van der Waals surface area (Å²) in [6.07, 6.45) is 0.729. The molecule has 0 bridgehead atoms. The molecule has 0 spiro atoms. The highest BCUT2D eigenvalue weighted by Gasteiger charge is 2.19. The lowest BCUT2D eigenvalue weighted by Crippen LogP contribution is -2.16. The molecular formula is C13H16BrFO2. The van der Waals surface area contributed by atoms with Crippen molar-refractivity contribution in [1.82, 2.24) is 0 Å². The first-order valence-electron chi connectivity index (χ1n) is 5.47. The molecule has 1 atom stereocenters. The van der Waals surface area contributed by atoms with Crippen molar-refractivity contribution in [3.8, 4) is 5.75 Å². The first-order chi connectivity index (χ1) is 7.95. The average molecular weight is 303 g/mol. The van der Waals surface area contributed by atoms with Gasteiger partial charge in [-0.25, -0.2) is 4.39 Å². The Balaban J connectivity index is 2.86. The molecule has 0 heterocycles. The van der Waals surface area contributed by atoms with Crippen molar-refractivity contribution in [2.45, 2.75) is 25.1 Å². The highest BCUT2D eigenvalue weighted by Crippen LogP contribution is 2.22. The molecule has 4 heteroatoms. The lowest BCUT2D eigenvalue weighted by Gasteiger charge is -2.12. The Labute approximate surface area is 109 Å². The summed E-state index contributed by atoms with van der Waals surface area (Å²) in [5, 5.41) is 0. The number of hydrogen-bond donors (Lipinski definition) is 0. The van der Waals surface area contributed by atoms with E-state index < -0.39 is 5.82 Å². The van der Waals surface area contributed by atoms with Gasteiger partial charge in [-0.1, -0.05) is 29.8 Å². The third-order valence-corrected chi connectivity index (χ3v) is 3.19. The highest BCUT2D eigenvalue weighted by atomic mass is 79.9. The predicted molar refractivity (Wildman–Crippen MR) is 69.5 cm³/mol. The summed E-state index contributed by atoms with van der Waals surface area (Å²) in [4.78, 5) is 11.7. The number of halogens is 2. The van der Waals surface area contributed by atoms with E-state index in [1.54, 1.807) is 6.07 Å². The molecule has 0 N–H and O–H groups in total. The van der Waals surface area contributed by atoms with Gasteiger partial charge in [-0.15, -0.1) is 0 Å². The topological polar surface area (TPSA) is 26.3 Å². The molecule has 0 saturated carbocycles. The summed E-state index contributed by atoms with van der Waals surface area (Å²) < 4.78 is 18.3. The van der Waals surface area contributed by atoms with Gasteiger partial charge < -0.3 is 4.74 Å². The number of methoxy groups -OCH3 is 1. The zero-order chi connectivity index (χ0) is 13.0. The van der Waals surface area contributed by atoms with Crippen molar-refractivity contribution in [3.63, 3.8) is 0 Å². The Morgan fingerprint density at radius 1 is 1.47 bits per heavy atom. The Morgan fingerprint density at radius 2 is 2.12 bits per heavy atom. The molecule has 17 heavy (non-hydrogen) atoms. The fraction of sp³-hybridized carbons (Fsp3) is 0.462. The average Bonchev–Trinajstić information content (AvgIpc) is 2.27. The van der Waals surface area contributed by atoms with E-state index in [2.05, 4.69) is 15.9 Å². The van der Waals surface area contributed by atoms with E-state index in [9.17, 15) is 9.18 Å². The molecule has 94 valence electrons. The molecule has 0 amide bonds.